The molecule has 5 rings (SSSR count). The smallest absolute Gasteiger partial charge is 0.244 e. The molecule has 4 aromatic rings. The number of hydrogen-bond donors (Lipinski definition) is 1. The number of aromatic amines is 1. The van der Waals surface area contributed by atoms with Crippen molar-refractivity contribution in [1.29, 1.82) is 0 Å². The van der Waals surface area contributed by atoms with E-state index >= 15 is 0 Å². The summed E-state index contributed by atoms with van der Waals surface area (Å²) in [6.45, 7) is 3.99. The number of fused-ring (bicyclic) bond motifs is 3. The van der Waals surface area contributed by atoms with Crippen LogP contribution in [-0.2, 0) is 11.3 Å². The SMILES string of the molecule is C[C@@H]1CCN(C(=O)Cn2ccnn2)C[C@@H]1n1ccc2cnc3[nH]ccc3c21. The van der Waals surface area contributed by atoms with E-state index in [1.54, 1.807) is 17.1 Å². The monoisotopic (exact) mass is 363 g/mol. The molecule has 0 aromatic carbocycles. The number of rotatable bonds is 3. The molecule has 1 fully saturated rings. The zero-order chi connectivity index (χ0) is 18.4. The second-order valence-corrected chi connectivity index (χ2v) is 7.30. The number of likely N-dealkylation sites (tertiary alicyclic amines) is 1. The van der Waals surface area contributed by atoms with E-state index in [1.165, 1.54) is 5.52 Å². The highest BCUT2D eigenvalue weighted by Gasteiger charge is 2.31. The normalized spacial score (nSPS) is 20.6. The Morgan fingerprint density at radius 2 is 2.26 bits per heavy atom. The number of piperidine rings is 1. The highest BCUT2D eigenvalue weighted by Crippen LogP contribution is 2.33. The van der Waals surface area contributed by atoms with E-state index in [9.17, 15) is 4.79 Å². The van der Waals surface area contributed by atoms with Crippen molar-refractivity contribution in [2.75, 3.05) is 13.1 Å². The molecule has 138 valence electrons. The number of carbonyl (C=O) groups is 1. The summed E-state index contributed by atoms with van der Waals surface area (Å²) in [5.41, 5.74) is 2.08. The maximum absolute atomic E-state index is 12.7. The standard InChI is InChI=1S/C19H21N7O/c1-13-3-7-24(17(27)12-25-9-6-22-23-25)11-16(13)26-8-4-14-10-21-19-15(18(14)26)2-5-20-19/h2,4-6,8-10,13,16H,3,7,11-12H2,1H3,(H,20,21)/t13-,16+/m1/s1. The summed E-state index contributed by atoms with van der Waals surface area (Å²) in [6, 6.07) is 4.41. The van der Waals surface area contributed by atoms with Gasteiger partial charge in [0.15, 0.2) is 0 Å². The first-order chi connectivity index (χ1) is 13.2. The van der Waals surface area contributed by atoms with Crippen LogP contribution in [-0.4, -0.2) is 53.4 Å². The van der Waals surface area contributed by atoms with Gasteiger partial charge >= 0.3 is 0 Å². The van der Waals surface area contributed by atoms with Gasteiger partial charge in [-0.1, -0.05) is 12.1 Å². The third-order valence-electron chi connectivity index (χ3n) is 5.66. The van der Waals surface area contributed by atoms with Crippen molar-refractivity contribution in [3.8, 4) is 0 Å². The molecule has 27 heavy (non-hydrogen) atoms. The van der Waals surface area contributed by atoms with Crippen LogP contribution < -0.4 is 0 Å². The van der Waals surface area contributed by atoms with Crippen LogP contribution in [0.15, 0.2) is 43.1 Å². The van der Waals surface area contributed by atoms with E-state index in [4.69, 9.17) is 0 Å². The molecule has 1 aliphatic rings. The molecule has 1 N–H and O–H groups in total. The van der Waals surface area contributed by atoms with Crippen LogP contribution in [0.1, 0.15) is 19.4 Å². The van der Waals surface area contributed by atoms with Crippen LogP contribution in [0.25, 0.3) is 21.9 Å². The number of amides is 1. The maximum Gasteiger partial charge on any atom is 0.244 e. The van der Waals surface area contributed by atoms with Gasteiger partial charge in [-0.25, -0.2) is 9.67 Å². The summed E-state index contributed by atoms with van der Waals surface area (Å²) in [7, 11) is 0. The van der Waals surface area contributed by atoms with Gasteiger partial charge in [-0.3, -0.25) is 4.79 Å². The van der Waals surface area contributed by atoms with Crippen molar-refractivity contribution in [2.24, 2.45) is 5.92 Å². The van der Waals surface area contributed by atoms with Crippen LogP contribution in [0.3, 0.4) is 0 Å². The lowest BCUT2D eigenvalue weighted by Gasteiger charge is -2.38. The van der Waals surface area contributed by atoms with Gasteiger partial charge in [0.1, 0.15) is 12.2 Å². The molecule has 8 nitrogen and oxygen atoms in total. The number of aromatic nitrogens is 6. The topological polar surface area (TPSA) is 84.6 Å². The molecule has 8 heteroatoms. The number of nitrogens with zero attached hydrogens (tertiary/aromatic N) is 6. The number of pyridine rings is 1. The van der Waals surface area contributed by atoms with Gasteiger partial charge in [-0.15, -0.1) is 5.10 Å². The van der Waals surface area contributed by atoms with Crippen LogP contribution in [0, 0.1) is 5.92 Å². The van der Waals surface area contributed by atoms with Gasteiger partial charge in [0, 0.05) is 48.6 Å². The van der Waals surface area contributed by atoms with E-state index in [0.717, 1.165) is 29.4 Å². The summed E-state index contributed by atoms with van der Waals surface area (Å²) in [6.07, 6.45) is 10.3. The van der Waals surface area contributed by atoms with Crippen LogP contribution in [0.5, 0.6) is 0 Å². The van der Waals surface area contributed by atoms with Gasteiger partial charge in [0.2, 0.25) is 5.91 Å². The Morgan fingerprint density at radius 1 is 1.33 bits per heavy atom. The van der Waals surface area contributed by atoms with E-state index in [-0.39, 0.29) is 18.5 Å². The Labute approximate surface area is 155 Å². The zero-order valence-electron chi connectivity index (χ0n) is 15.1. The summed E-state index contributed by atoms with van der Waals surface area (Å²) < 4.78 is 3.90. The lowest BCUT2D eigenvalue weighted by Crippen LogP contribution is -2.45. The maximum atomic E-state index is 12.7. The molecule has 0 unspecified atom stereocenters. The first kappa shape index (κ1) is 16.0. The van der Waals surface area contributed by atoms with Gasteiger partial charge < -0.3 is 14.5 Å². The fourth-order valence-corrected chi connectivity index (χ4v) is 4.12. The third kappa shape index (κ3) is 2.68. The van der Waals surface area contributed by atoms with E-state index < -0.39 is 0 Å². The second kappa shape index (κ2) is 6.22. The van der Waals surface area contributed by atoms with E-state index in [0.29, 0.717) is 12.5 Å². The Kier molecular flexibility index (Phi) is 3.70. The molecule has 5 heterocycles. The summed E-state index contributed by atoms with van der Waals surface area (Å²) in [5, 5.41) is 9.93. The fourth-order valence-electron chi connectivity index (χ4n) is 4.12. The zero-order valence-corrected chi connectivity index (χ0v) is 15.1. The predicted molar refractivity (Wildman–Crippen MR) is 101 cm³/mol. The highest BCUT2D eigenvalue weighted by molar-refractivity contribution is 6.02. The Hall–Kier alpha value is -3.16. The van der Waals surface area contributed by atoms with Crippen molar-refractivity contribution in [3.05, 3.63) is 43.1 Å². The van der Waals surface area contributed by atoms with E-state index in [1.807, 2.05) is 17.3 Å². The average molecular weight is 363 g/mol. The largest absolute Gasteiger partial charge is 0.346 e. The van der Waals surface area contributed by atoms with Crippen LogP contribution in [0.4, 0.5) is 0 Å². The van der Waals surface area contributed by atoms with E-state index in [2.05, 4.69) is 50.1 Å². The molecular weight excluding hydrogens is 342 g/mol. The third-order valence-corrected chi connectivity index (χ3v) is 5.66. The minimum Gasteiger partial charge on any atom is -0.346 e. The molecule has 0 radical (unpaired) electrons. The molecule has 1 amide bonds. The van der Waals surface area contributed by atoms with Crippen LogP contribution in [0.2, 0.25) is 0 Å². The lowest BCUT2D eigenvalue weighted by atomic mass is 9.93. The Balaban J connectivity index is 1.47. The number of H-pyrrole nitrogens is 1. The lowest BCUT2D eigenvalue weighted by molar-refractivity contribution is -0.134. The van der Waals surface area contributed by atoms with Crippen LogP contribution >= 0.6 is 0 Å². The molecule has 0 saturated carbocycles. The molecule has 2 atom stereocenters. The summed E-state index contributed by atoms with van der Waals surface area (Å²) in [5.74, 6) is 0.570. The Morgan fingerprint density at radius 3 is 3.11 bits per heavy atom. The van der Waals surface area contributed by atoms with Crippen molar-refractivity contribution < 1.29 is 4.79 Å². The minimum atomic E-state index is 0.0855. The number of carbonyl (C=O) groups excluding carboxylic acids is 1. The molecule has 0 bridgehead atoms. The highest BCUT2D eigenvalue weighted by atomic mass is 16.2. The van der Waals surface area contributed by atoms with Gasteiger partial charge in [0.05, 0.1) is 17.8 Å². The average Bonchev–Trinajstić information content (AvgIpc) is 3.41. The van der Waals surface area contributed by atoms with Gasteiger partial charge in [-0.2, -0.15) is 0 Å². The minimum absolute atomic E-state index is 0.0855. The quantitative estimate of drug-likeness (QED) is 0.605. The van der Waals surface area contributed by atoms with Gasteiger partial charge in [0.25, 0.3) is 0 Å². The van der Waals surface area contributed by atoms with Crippen molar-refractivity contribution in [3.63, 3.8) is 0 Å². The second-order valence-electron chi connectivity index (χ2n) is 7.30. The molecule has 0 spiro atoms. The molecule has 4 aromatic heterocycles. The first-order valence-electron chi connectivity index (χ1n) is 9.25. The Bertz CT molecular complexity index is 1090. The first-order valence-corrected chi connectivity index (χ1v) is 9.25. The van der Waals surface area contributed by atoms with Crippen molar-refractivity contribution in [2.45, 2.75) is 25.9 Å². The number of hydrogen-bond acceptors (Lipinski definition) is 4. The summed E-state index contributed by atoms with van der Waals surface area (Å²) in [4.78, 5) is 22.4. The molecule has 0 aliphatic carbocycles. The predicted octanol–water partition coefficient (Wildman–Crippen LogP) is 2.22. The molecule has 1 aliphatic heterocycles. The fraction of sp³-hybridized carbons (Fsp3) is 0.368. The van der Waals surface area contributed by atoms with Crippen molar-refractivity contribution >= 4 is 27.8 Å². The van der Waals surface area contributed by atoms with Crippen molar-refractivity contribution in [1.82, 2.24) is 34.4 Å². The number of nitrogens with one attached hydrogen (secondary N) is 1. The van der Waals surface area contributed by atoms with Gasteiger partial charge in [-0.05, 0) is 24.5 Å². The summed E-state index contributed by atoms with van der Waals surface area (Å²) >= 11 is 0. The molecular formula is C19H21N7O. The molecule has 1 saturated heterocycles.